The SMILES string of the molecule is NCC(C(=O)O)c1cccc(-c2ncco2)c1. The van der Waals surface area contributed by atoms with Crippen LogP contribution in [0.3, 0.4) is 0 Å². The molecule has 3 N–H and O–H groups in total. The first-order valence-electron chi connectivity index (χ1n) is 5.15. The summed E-state index contributed by atoms with van der Waals surface area (Å²) in [6.45, 7) is 0.0599. The van der Waals surface area contributed by atoms with E-state index in [9.17, 15) is 4.79 Å². The third kappa shape index (κ3) is 2.34. The van der Waals surface area contributed by atoms with Crippen molar-refractivity contribution in [2.75, 3.05) is 6.54 Å². The summed E-state index contributed by atoms with van der Waals surface area (Å²) in [5, 5.41) is 9.03. The van der Waals surface area contributed by atoms with Crippen molar-refractivity contribution in [2.45, 2.75) is 5.92 Å². The Bertz CT molecular complexity index is 508. The number of nitrogens with zero attached hydrogens (tertiary/aromatic N) is 1. The second-order valence-corrected chi connectivity index (χ2v) is 3.59. The lowest BCUT2D eigenvalue weighted by Gasteiger charge is -2.10. The van der Waals surface area contributed by atoms with Crippen molar-refractivity contribution >= 4 is 5.97 Å². The predicted octanol–water partition coefficient (Wildman–Crippen LogP) is 1.47. The number of benzene rings is 1. The number of hydrogen-bond donors (Lipinski definition) is 2. The number of aliphatic carboxylic acids is 1. The van der Waals surface area contributed by atoms with Crippen molar-refractivity contribution in [1.29, 1.82) is 0 Å². The molecular weight excluding hydrogens is 220 g/mol. The zero-order valence-electron chi connectivity index (χ0n) is 9.04. The number of carbonyl (C=O) groups is 1. The molecular formula is C12H12N2O3. The van der Waals surface area contributed by atoms with Crippen LogP contribution in [-0.4, -0.2) is 22.6 Å². The maximum Gasteiger partial charge on any atom is 0.312 e. The summed E-state index contributed by atoms with van der Waals surface area (Å²) >= 11 is 0. The molecule has 88 valence electrons. The predicted molar refractivity (Wildman–Crippen MR) is 61.4 cm³/mol. The molecule has 0 aliphatic heterocycles. The molecule has 0 bridgehead atoms. The van der Waals surface area contributed by atoms with Crippen molar-refractivity contribution in [2.24, 2.45) is 5.73 Å². The van der Waals surface area contributed by atoms with Crippen LogP contribution in [0.15, 0.2) is 41.1 Å². The van der Waals surface area contributed by atoms with Crippen molar-refractivity contribution in [1.82, 2.24) is 4.98 Å². The van der Waals surface area contributed by atoms with Gasteiger partial charge in [0.2, 0.25) is 5.89 Å². The minimum absolute atomic E-state index is 0.0599. The summed E-state index contributed by atoms with van der Waals surface area (Å²) in [7, 11) is 0. The van der Waals surface area contributed by atoms with Crippen LogP contribution >= 0.6 is 0 Å². The Balaban J connectivity index is 2.37. The van der Waals surface area contributed by atoms with Crippen molar-refractivity contribution in [3.63, 3.8) is 0 Å². The van der Waals surface area contributed by atoms with Gasteiger partial charge in [-0.1, -0.05) is 12.1 Å². The van der Waals surface area contributed by atoms with E-state index >= 15 is 0 Å². The Labute approximate surface area is 97.9 Å². The summed E-state index contributed by atoms with van der Waals surface area (Å²) in [5.74, 6) is -1.17. The van der Waals surface area contributed by atoms with E-state index in [-0.39, 0.29) is 6.54 Å². The highest BCUT2D eigenvalue weighted by molar-refractivity contribution is 5.77. The fourth-order valence-electron chi connectivity index (χ4n) is 1.63. The molecule has 0 fully saturated rings. The second-order valence-electron chi connectivity index (χ2n) is 3.59. The molecule has 0 saturated carbocycles. The van der Waals surface area contributed by atoms with Crippen LogP contribution in [0.2, 0.25) is 0 Å². The molecule has 0 radical (unpaired) electrons. The maximum absolute atomic E-state index is 11.0. The van der Waals surface area contributed by atoms with E-state index in [4.69, 9.17) is 15.3 Å². The average molecular weight is 232 g/mol. The van der Waals surface area contributed by atoms with Gasteiger partial charge >= 0.3 is 5.97 Å². The van der Waals surface area contributed by atoms with Crippen molar-refractivity contribution < 1.29 is 14.3 Å². The molecule has 0 aliphatic carbocycles. The molecule has 5 heteroatoms. The molecule has 0 spiro atoms. The molecule has 1 heterocycles. The molecule has 5 nitrogen and oxygen atoms in total. The normalized spacial score (nSPS) is 12.3. The first-order chi connectivity index (χ1) is 8.22. The highest BCUT2D eigenvalue weighted by Crippen LogP contribution is 2.22. The standard InChI is InChI=1S/C12H12N2O3/c13-7-10(12(15)16)8-2-1-3-9(6-8)11-14-4-5-17-11/h1-6,10H,7,13H2,(H,15,16). The van der Waals surface area contributed by atoms with Gasteiger partial charge in [-0.3, -0.25) is 4.79 Å². The molecule has 17 heavy (non-hydrogen) atoms. The number of hydrogen-bond acceptors (Lipinski definition) is 4. The van der Waals surface area contributed by atoms with Gasteiger partial charge in [0.1, 0.15) is 6.26 Å². The molecule has 0 amide bonds. The smallest absolute Gasteiger partial charge is 0.312 e. The number of carboxylic acids is 1. The highest BCUT2D eigenvalue weighted by atomic mass is 16.4. The highest BCUT2D eigenvalue weighted by Gasteiger charge is 2.18. The minimum Gasteiger partial charge on any atom is -0.481 e. The molecule has 0 aliphatic rings. The summed E-state index contributed by atoms with van der Waals surface area (Å²) in [5.41, 5.74) is 6.85. The zero-order valence-corrected chi connectivity index (χ0v) is 9.04. The summed E-state index contributed by atoms with van der Waals surface area (Å²) in [4.78, 5) is 15.0. The minimum atomic E-state index is -0.933. The summed E-state index contributed by atoms with van der Waals surface area (Å²) in [6.07, 6.45) is 3.01. The Hall–Kier alpha value is -2.14. The van der Waals surface area contributed by atoms with E-state index in [1.165, 1.54) is 6.26 Å². The van der Waals surface area contributed by atoms with Crippen LogP contribution in [0.4, 0.5) is 0 Å². The van der Waals surface area contributed by atoms with E-state index in [2.05, 4.69) is 4.98 Å². The lowest BCUT2D eigenvalue weighted by Crippen LogP contribution is -2.21. The molecule has 1 aromatic heterocycles. The van der Waals surface area contributed by atoms with Gasteiger partial charge in [0.05, 0.1) is 12.1 Å². The van der Waals surface area contributed by atoms with Gasteiger partial charge in [0, 0.05) is 12.1 Å². The third-order valence-corrected chi connectivity index (χ3v) is 2.50. The average Bonchev–Trinajstić information content (AvgIpc) is 2.83. The van der Waals surface area contributed by atoms with Gasteiger partial charge in [-0.05, 0) is 17.7 Å². The van der Waals surface area contributed by atoms with Gasteiger partial charge in [-0.2, -0.15) is 0 Å². The van der Waals surface area contributed by atoms with Crippen LogP contribution in [-0.2, 0) is 4.79 Å². The third-order valence-electron chi connectivity index (χ3n) is 2.50. The van der Waals surface area contributed by atoms with E-state index in [0.29, 0.717) is 11.5 Å². The molecule has 2 rings (SSSR count). The summed E-state index contributed by atoms with van der Waals surface area (Å²) in [6, 6.07) is 7.04. The first-order valence-corrected chi connectivity index (χ1v) is 5.15. The van der Waals surface area contributed by atoms with E-state index in [1.54, 1.807) is 24.4 Å². The van der Waals surface area contributed by atoms with Gasteiger partial charge in [0.25, 0.3) is 0 Å². The molecule has 1 atom stereocenters. The number of carboxylic acid groups (broad SMARTS) is 1. The lowest BCUT2D eigenvalue weighted by atomic mass is 9.97. The van der Waals surface area contributed by atoms with Gasteiger partial charge < -0.3 is 15.3 Å². The molecule has 1 aromatic carbocycles. The molecule has 0 saturated heterocycles. The number of nitrogens with two attached hydrogens (primary N) is 1. The number of rotatable bonds is 4. The molecule has 2 aromatic rings. The maximum atomic E-state index is 11.0. The quantitative estimate of drug-likeness (QED) is 0.833. The van der Waals surface area contributed by atoms with Crippen LogP contribution in [0.25, 0.3) is 11.5 Å². The van der Waals surface area contributed by atoms with Crippen molar-refractivity contribution in [3.8, 4) is 11.5 Å². The Morgan fingerprint density at radius 2 is 2.35 bits per heavy atom. The Kier molecular flexibility index (Phi) is 3.20. The Morgan fingerprint density at radius 3 is 2.94 bits per heavy atom. The van der Waals surface area contributed by atoms with Crippen LogP contribution in [0.5, 0.6) is 0 Å². The van der Waals surface area contributed by atoms with Gasteiger partial charge in [-0.15, -0.1) is 0 Å². The summed E-state index contributed by atoms with van der Waals surface area (Å²) < 4.78 is 5.16. The zero-order chi connectivity index (χ0) is 12.3. The number of aromatic nitrogens is 1. The van der Waals surface area contributed by atoms with Crippen LogP contribution in [0, 0.1) is 0 Å². The fraction of sp³-hybridized carbons (Fsp3) is 0.167. The fourth-order valence-corrected chi connectivity index (χ4v) is 1.63. The largest absolute Gasteiger partial charge is 0.481 e. The van der Waals surface area contributed by atoms with Crippen LogP contribution in [0.1, 0.15) is 11.5 Å². The number of oxazole rings is 1. The topological polar surface area (TPSA) is 89.4 Å². The van der Waals surface area contributed by atoms with E-state index in [1.807, 2.05) is 6.07 Å². The molecule has 1 unspecified atom stereocenters. The van der Waals surface area contributed by atoms with Crippen LogP contribution < -0.4 is 5.73 Å². The van der Waals surface area contributed by atoms with E-state index in [0.717, 1.165) is 5.56 Å². The van der Waals surface area contributed by atoms with Gasteiger partial charge in [0.15, 0.2) is 0 Å². The lowest BCUT2D eigenvalue weighted by molar-refractivity contribution is -0.138. The van der Waals surface area contributed by atoms with Crippen molar-refractivity contribution in [3.05, 3.63) is 42.3 Å². The van der Waals surface area contributed by atoms with Gasteiger partial charge in [-0.25, -0.2) is 4.98 Å². The van der Waals surface area contributed by atoms with E-state index < -0.39 is 11.9 Å². The Morgan fingerprint density at radius 1 is 1.53 bits per heavy atom. The second kappa shape index (κ2) is 4.80. The first kappa shape index (κ1) is 11.3. The monoisotopic (exact) mass is 232 g/mol.